The van der Waals surface area contributed by atoms with E-state index in [0.717, 1.165) is 0 Å². The normalized spacial score (nSPS) is 11.7. The Bertz CT molecular complexity index is 1470. The predicted molar refractivity (Wildman–Crippen MR) is 176 cm³/mol. The van der Waals surface area contributed by atoms with Crippen molar-refractivity contribution < 1.29 is 0 Å². The maximum absolute atomic E-state index is 2.35. The summed E-state index contributed by atoms with van der Waals surface area (Å²) in [5, 5.41) is 11.3. The van der Waals surface area contributed by atoms with Crippen molar-refractivity contribution in [1.82, 2.24) is 0 Å². The highest BCUT2D eigenvalue weighted by atomic mass is 14.1. The van der Waals surface area contributed by atoms with E-state index in [1.54, 1.807) is 11.1 Å². The van der Waals surface area contributed by atoms with Gasteiger partial charge in [-0.2, -0.15) is 0 Å². The van der Waals surface area contributed by atoms with E-state index in [4.69, 9.17) is 0 Å². The molecular formula is C40H42. The molecule has 0 radical (unpaired) electrons. The third-order valence-electron chi connectivity index (χ3n) is 8.87. The lowest BCUT2D eigenvalue weighted by atomic mass is 9.93. The number of benzene rings is 6. The minimum absolute atomic E-state index is 1.19. The van der Waals surface area contributed by atoms with Crippen molar-refractivity contribution in [2.75, 3.05) is 0 Å². The van der Waals surface area contributed by atoms with Gasteiger partial charge in [-0.15, -0.1) is 0 Å². The SMILES string of the molecule is c1ccc2c(CCCCCCCCCCCCc3c4ccccc4cc4ccccc34)c3ccccc3cc2c1. The van der Waals surface area contributed by atoms with Gasteiger partial charge in [-0.3, -0.25) is 0 Å². The molecule has 202 valence electrons. The third-order valence-corrected chi connectivity index (χ3v) is 8.87. The minimum Gasteiger partial charge on any atom is -0.0616 e. The van der Waals surface area contributed by atoms with Gasteiger partial charge in [0.2, 0.25) is 0 Å². The van der Waals surface area contributed by atoms with E-state index in [1.165, 1.54) is 120 Å². The number of hydrogen-bond acceptors (Lipinski definition) is 0. The topological polar surface area (TPSA) is 0 Å². The molecule has 0 bridgehead atoms. The first-order valence-electron chi connectivity index (χ1n) is 15.7. The molecule has 6 aromatic carbocycles. The van der Waals surface area contributed by atoms with Crippen LogP contribution in [0.15, 0.2) is 109 Å². The second kappa shape index (κ2) is 13.1. The van der Waals surface area contributed by atoms with Crippen LogP contribution in [0.4, 0.5) is 0 Å². The van der Waals surface area contributed by atoms with E-state index in [-0.39, 0.29) is 0 Å². The molecule has 0 N–H and O–H groups in total. The van der Waals surface area contributed by atoms with Gasteiger partial charge in [0.05, 0.1) is 0 Å². The van der Waals surface area contributed by atoms with Crippen molar-refractivity contribution >= 4 is 43.1 Å². The summed E-state index contributed by atoms with van der Waals surface area (Å²) in [4.78, 5) is 0. The fourth-order valence-corrected chi connectivity index (χ4v) is 6.77. The zero-order valence-corrected chi connectivity index (χ0v) is 23.9. The molecule has 0 aliphatic carbocycles. The summed E-state index contributed by atoms with van der Waals surface area (Å²) in [5.41, 5.74) is 3.09. The molecule has 0 aromatic heterocycles. The molecule has 0 saturated carbocycles. The zero-order valence-electron chi connectivity index (χ0n) is 23.9. The minimum atomic E-state index is 1.19. The molecule has 0 aliphatic heterocycles. The van der Waals surface area contributed by atoms with Crippen LogP contribution in [-0.2, 0) is 12.8 Å². The molecule has 0 aliphatic rings. The van der Waals surface area contributed by atoms with E-state index in [9.17, 15) is 0 Å². The first-order valence-corrected chi connectivity index (χ1v) is 15.7. The summed E-state index contributed by atoms with van der Waals surface area (Å²) in [5.74, 6) is 0. The summed E-state index contributed by atoms with van der Waals surface area (Å²) in [6.45, 7) is 0. The predicted octanol–water partition coefficient (Wildman–Crippen LogP) is 12.0. The zero-order chi connectivity index (χ0) is 27.0. The van der Waals surface area contributed by atoms with Gasteiger partial charge in [-0.05, 0) is 92.0 Å². The largest absolute Gasteiger partial charge is 0.0616 e. The molecule has 0 fully saturated rings. The molecule has 0 amide bonds. The van der Waals surface area contributed by atoms with Crippen LogP contribution in [0, 0.1) is 0 Å². The molecule has 0 atom stereocenters. The average Bonchev–Trinajstić information content (AvgIpc) is 3.00. The molecule has 0 nitrogen and oxygen atoms in total. The lowest BCUT2D eigenvalue weighted by Crippen LogP contribution is -1.92. The van der Waals surface area contributed by atoms with Crippen LogP contribution >= 0.6 is 0 Å². The van der Waals surface area contributed by atoms with Gasteiger partial charge in [-0.1, -0.05) is 148 Å². The molecule has 40 heavy (non-hydrogen) atoms. The van der Waals surface area contributed by atoms with Gasteiger partial charge >= 0.3 is 0 Å². The first-order chi connectivity index (χ1) is 19.9. The molecule has 0 unspecified atom stereocenters. The lowest BCUT2D eigenvalue weighted by molar-refractivity contribution is 0.552. The van der Waals surface area contributed by atoms with E-state index < -0.39 is 0 Å². The molecule has 0 spiro atoms. The number of aryl methyl sites for hydroxylation is 2. The van der Waals surface area contributed by atoms with Crippen LogP contribution in [0.25, 0.3) is 43.1 Å². The Balaban J connectivity index is 0.899. The van der Waals surface area contributed by atoms with E-state index in [1.807, 2.05) is 0 Å². The monoisotopic (exact) mass is 522 g/mol. The van der Waals surface area contributed by atoms with Crippen molar-refractivity contribution in [3.63, 3.8) is 0 Å². The number of fused-ring (bicyclic) bond motifs is 4. The number of rotatable bonds is 13. The second-order valence-corrected chi connectivity index (χ2v) is 11.6. The fourth-order valence-electron chi connectivity index (χ4n) is 6.77. The van der Waals surface area contributed by atoms with Crippen molar-refractivity contribution in [3.05, 3.63) is 120 Å². The van der Waals surface area contributed by atoms with E-state index in [2.05, 4.69) is 109 Å². The molecule has 0 heterocycles. The fraction of sp³-hybridized carbons (Fsp3) is 0.300. The number of unbranched alkanes of at least 4 members (excludes halogenated alkanes) is 9. The van der Waals surface area contributed by atoms with E-state index >= 15 is 0 Å². The summed E-state index contributed by atoms with van der Waals surface area (Å²) < 4.78 is 0. The molecule has 0 saturated heterocycles. The van der Waals surface area contributed by atoms with Crippen molar-refractivity contribution in [1.29, 1.82) is 0 Å². The standard InChI is InChI=1S/C40H42/c1(3-5-7-9-27-39-35-23-15-11-19-31(35)29-32-20-12-16-24-36(32)39)2-4-6-8-10-28-40-37-25-17-13-21-33(37)30-34-22-14-18-26-38(34)40/h11-26,29-30H,1-10,27-28H2. The van der Waals surface area contributed by atoms with Gasteiger partial charge in [0.1, 0.15) is 0 Å². The van der Waals surface area contributed by atoms with Crippen LogP contribution in [0.1, 0.15) is 75.3 Å². The first kappa shape index (κ1) is 26.6. The maximum Gasteiger partial charge on any atom is -0.0146 e. The molecule has 0 heteroatoms. The second-order valence-electron chi connectivity index (χ2n) is 11.6. The summed E-state index contributed by atoms with van der Waals surface area (Å²) in [6, 6.07) is 40.4. The summed E-state index contributed by atoms with van der Waals surface area (Å²) >= 11 is 0. The van der Waals surface area contributed by atoms with E-state index in [0.29, 0.717) is 0 Å². The lowest BCUT2D eigenvalue weighted by Gasteiger charge is -2.12. The van der Waals surface area contributed by atoms with Gasteiger partial charge in [0, 0.05) is 0 Å². The summed E-state index contributed by atoms with van der Waals surface area (Å²) in [6.07, 6.45) is 16.0. The van der Waals surface area contributed by atoms with Gasteiger partial charge in [-0.25, -0.2) is 0 Å². The van der Waals surface area contributed by atoms with Crippen molar-refractivity contribution in [2.45, 2.75) is 77.0 Å². The molecule has 6 rings (SSSR count). The Labute approximate surface area is 240 Å². The highest BCUT2D eigenvalue weighted by molar-refractivity contribution is 6.03. The van der Waals surface area contributed by atoms with Gasteiger partial charge in [0.25, 0.3) is 0 Å². The van der Waals surface area contributed by atoms with Crippen LogP contribution < -0.4 is 0 Å². The van der Waals surface area contributed by atoms with Crippen LogP contribution in [0.2, 0.25) is 0 Å². The van der Waals surface area contributed by atoms with Crippen LogP contribution in [0.3, 0.4) is 0 Å². The van der Waals surface area contributed by atoms with Gasteiger partial charge in [0.15, 0.2) is 0 Å². The highest BCUT2D eigenvalue weighted by Gasteiger charge is 2.08. The Morgan fingerprint density at radius 3 is 0.825 bits per heavy atom. The highest BCUT2D eigenvalue weighted by Crippen LogP contribution is 2.31. The van der Waals surface area contributed by atoms with Crippen molar-refractivity contribution in [2.24, 2.45) is 0 Å². The smallest absolute Gasteiger partial charge is 0.0146 e. The average molecular weight is 523 g/mol. The Morgan fingerprint density at radius 2 is 0.525 bits per heavy atom. The van der Waals surface area contributed by atoms with Crippen LogP contribution in [0.5, 0.6) is 0 Å². The van der Waals surface area contributed by atoms with Crippen molar-refractivity contribution in [3.8, 4) is 0 Å². The van der Waals surface area contributed by atoms with Crippen LogP contribution in [-0.4, -0.2) is 0 Å². The molecule has 6 aromatic rings. The molecular weight excluding hydrogens is 480 g/mol. The quantitative estimate of drug-likeness (QED) is 0.104. The Hall–Kier alpha value is -3.64. The number of hydrogen-bond donors (Lipinski definition) is 0. The Morgan fingerprint density at radius 1 is 0.275 bits per heavy atom. The Kier molecular flexibility index (Phi) is 8.73. The summed E-state index contributed by atoms with van der Waals surface area (Å²) in [7, 11) is 0. The maximum atomic E-state index is 2.35. The van der Waals surface area contributed by atoms with Gasteiger partial charge < -0.3 is 0 Å². The third kappa shape index (κ3) is 6.07.